The Bertz CT molecular complexity index is 2640. The number of fused-ring (bicyclic) bond motifs is 8. The van der Waals surface area contributed by atoms with Crippen molar-refractivity contribution in [3.8, 4) is 28.0 Å². The molecule has 0 N–H and O–H groups in total. The Balaban J connectivity index is 1.02. The van der Waals surface area contributed by atoms with E-state index in [1.54, 1.807) is 7.11 Å². The van der Waals surface area contributed by atoms with Gasteiger partial charge in [-0.15, -0.1) is 0 Å². The molecule has 10 rings (SSSR count). The molecule has 5 aliphatic rings. The zero-order valence-corrected chi connectivity index (χ0v) is 41.2. The van der Waals surface area contributed by atoms with Crippen molar-refractivity contribution < 1.29 is 33.2 Å². The number of anilines is 1. The van der Waals surface area contributed by atoms with Crippen LogP contribution in [0.3, 0.4) is 0 Å². The predicted molar refractivity (Wildman–Crippen MR) is 278 cm³/mol. The van der Waals surface area contributed by atoms with Gasteiger partial charge in [-0.05, 0) is 144 Å². The Kier molecular flexibility index (Phi) is 15.0. The summed E-state index contributed by atoms with van der Waals surface area (Å²) >= 11 is 0. The summed E-state index contributed by atoms with van der Waals surface area (Å²) in [6.07, 6.45) is 18.2. The van der Waals surface area contributed by atoms with Gasteiger partial charge in [-0.1, -0.05) is 99.5 Å². The maximum absolute atomic E-state index is 7.09. The Labute approximate surface area is 410 Å². The second kappa shape index (κ2) is 21.8. The highest BCUT2D eigenvalue weighted by Crippen LogP contribution is 2.62. The fourth-order valence-corrected chi connectivity index (χ4v) is 12.1. The lowest BCUT2D eigenvalue weighted by molar-refractivity contribution is -0.169. The smallest absolute Gasteiger partial charge is 0.157 e. The van der Waals surface area contributed by atoms with Gasteiger partial charge in [0.15, 0.2) is 6.29 Å². The van der Waals surface area contributed by atoms with Gasteiger partial charge in [-0.3, -0.25) is 0 Å². The van der Waals surface area contributed by atoms with Crippen molar-refractivity contribution in [2.75, 3.05) is 78.0 Å². The van der Waals surface area contributed by atoms with Crippen LogP contribution in [-0.2, 0) is 39.4 Å². The molecule has 8 heteroatoms. The first-order chi connectivity index (χ1) is 34.1. The monoisotopic (exact) mass is 930 g/mol. The van der Waals surface area contributed by atoms with Crippen molar-refractivity contribution in [1.29, 1.82) is 0 Å². The van der Waals surface area contributed by atoms with Crippen LogP contribution in [0.2, 0.25) is 0 Å². The van der Waals surface area contributed by atoms with Crippen LogP contribution in [0, 0.1) is 0 Å². The lowest BCUT2D eigenvalue weighted by Gasteiger charge is -2.39. The minimum Gasteiger partial charge on any atom is -0.496 e. The van der Waals surface area contributed by atoms with E-state index in [1.165, 1.54) is 80.2 Å². The average molecular weight is 930 g/mol. The van der Waals surface area contributed by atoms with Crippen LogP contribution in [0.25, 0.3) is 38.6 Å². The van der Waals surface area contributed by atoms with Crippen molar-refractivity contribution >= 4 is 22.0 Å². The number of nitrogens with zero attached hydrogens (tertiary/aromatic N) is 1. The summed E-state index contributed by atoms with van der Waals surface area (Å²) in [5.41, 5.74) is 12.9. The van der Waals surface area contributed by atoms with Gasteiger partial charge < -0.3 is 38.1 Å². The first kappa shape index (κ1) is 47.5. The predicted octanol–water partition coefficient (Wildman–Crippen LogP) is 13.5. The molecule has 0 saturated carbocycles. The molecule has 8 nitrogen and oxygen atoms in total. The lowest BCUT2D eigenvalue weighted by atomic mass is 9.67. The molecule has 3 aliphatic heterocycles. The van der Waals surface area contributed by atoms with Gasteiger partial charge in [-0.25, -0.2) is 0 Å². The van der Waals surface area contributed by atoms with Crippen LogP contribution in [0.1, 0.15) is 107 Å². The maximum atomic E-state index is 7.09. The molecular formula is C61H71NO7. The van der Waals surface area contributed by atoms with Gasteiger partial charge in [0.25, 0.3) is 0 Å². The molecular weight excluding hydrogens is 859 g/mol. The third-order valence-corrected chi connectivity index (χ3v) is 15.2. The van der Waals surface area contributed by atoms with E-state index >= 15 is 0 Å². The van der Waals surface area contributed by atoms with Crippen LogP contribution in [0.4, 0.5) is 5.69 Å². The highest BCUT2D eigenvalue weighted by Gasteiger charge is 2.48. The minimum absolute atomic E-state index is 0.103. The van der Waals surface area contributed by atoms with Gasteiger partial charge in [0.2, 0.25) is 0 Å². The number of ether oxygens (including phenoxy) is 7. The van der Waals surface area contributed by atoms with Crippen molar-refractivity contribution in [2.24, 2.45) is 0 Å². The SMILES string of the molecule is CCCC1(CCC)c2cc(-c3ccccc3)ccc2-c2c1c1c(c3ccc(N4CCCCC4)cc23)OCC=C1C1=C(OC)C=CC(OCCOCCOCCOC2CCCCO2)(c2ccccc2)C1. The van der Waals surface area contributed by atoms with Gasteiger partial charge in [0, 0.05) is 53.7 Å². The van der Waals surface area contributed by atoms with E-state index in [0.29, 0.717) is 52.7 Å². The summed E-state index contributed by atoms with van der Waals surface area (Å²) in [6, 6.07) is 36.0. The Morgan fingerprint density at radius 1 is 0.710 bits per heavy atom. The van der Waals surface area contributed by atoms with Gasteiger partial charge in [-0.2, -0.15) is 0 Å². The zero-order valence-electron chi connectivity index (χ0n) is 41.2. The summed E-state index contributed by atoms with van der Waals surface area (Å²) < 4.78 is 44.0. The number of benzene rings is 5. The minimum atomic E-state index is -0.767. The lowest BCUT2D eigenvalue weighted by Crippen LogP contribution is -2.33. The number of rotatable bonds is 20. The molecule has 0 radical (unpaired) electrons. The van der Waals surface area contributed by atoms with Crippen LogP contribution in [0.15, 0.2) is 127 Å². The fourth-order valence-electron chi connectivity index (χ4n) is 12.1. The maximum Gasteiger partial charge on any atom is 0.157 e. The van der Waals surface area contributed by atoms with E-state index in [0.717, 1.165) is 87.3 Å². The average Bonchev–Trinajstić information content (AvgIpc) is 3.69. The standard InChI is InChI=1S/C61H71NO7/c1-4-28-60(29-5-2)53-41-45(44-17-9-6-10-18-44)22-24-50(53)56-51-42-47(62-31-14-8-15-32-62)23-25-49(51)59-57(58(56)60)48(27-34-68-59)52-43-61(30-26-54(52)63-3,46-19-11-7-12-20-46)69-40-38-65-36-35-64-37-39-67-55-21-13-16-33-66-55/h6-7,9-12,17-20,22-27,30,41-42,55H,4-5,8,13-16,21,28-29,31-40,43H2,1-3H3. The highest BCUT2D eigenvalue weighted by molar-refractivity contribution is 6.11. The molecule has 69 heavy (non-hydrogen) atoms. The molecule has 0 aromatic heterocycles. The van der Waals surface area contributed by atoms with E-state index in [2.05, 4.69) is 134 Å². The largest absolute Gasteiger partial charge is 0.496 e. The second-order valence-corrected chi connectivity index (χ2v) is 19.4. The molecule has 2 fully saturated rings. The van der Waals surface area contributed by atoms with Crippen molar-refractivity contribution in [3.05, 3.63) is 149 Å². The zero-order chi connectivity index (χ0) is 47.0. The van der Waals surface area contributed by atoms with E-state index in [9.17, 15) is 0 Å². The van der Waals surface area contributed by atoms with Crippen LogP contribution >= 0.6 is 0 Å². The fraction of sp³-hybridized carbons (Fsp3) is 0.443. The molecule has 2 saturated heterocycles. The van der Waals surface area contributed by atoms with E-state index < -0.39 is 5.60 Å². The van der Waals surface area contributed by atoms with E-state index in [-0.39, 0.29) is 11.7 Å². The number of methoxy groups -OCH3 is 1. The molecule has 0 bridgehead atoms. The van der Waals surface area contributed by atoms with Crippen LogP contribution in [0.5, 0.6) is 5.75 Å². The van der Waals surface area contributed by atoms with Crippen LogP contribution < -0.4 is 9.64 Å². The number of piperidine rings is 1. The first-order valence-corrected chi connectivity index (χ1v) is 26.0. The van der Waals surface area contributed by atoms with E-state index in [1.807, 2.05) is 0 Å². The van der Waals surface area contributed by atoms with Crippen molar-refractivity contribution in [2.45, 2.75) is 102 Å². The molecule has 0 amide bonds. The molecule has 2 atom stereocenters. The summed E-state index contributed by atoms with van der Waals surface area (Å²) in [7, 11) is 1.80. The first-order valence-electron chi connectivity index (χ1n) is 26.0. The summed E-state index contributed by atoms with van der Waals surface area (Å²) in [6.45, 7) is 11.0. The number of allylic oxidation sites excluding steroid dienone is 2. The third kappa shape index (κ3) is 9.56. The quantitative estimate of drug-likeness (QED) is 0.0715. The summed E-state index contributed by atoms with van der Waals surface area (Å²) in [4.78, 5) is 2.60. The van der Waals surface area contributed by atoms with E-state index in [4.69, 9.17) is 33.2 Å². The summed E-state index contributed by atoms with van der Waals surface area (Å²) in [5.74, 6) is 1.83. The topological polar surface area (TPSA) is 67.9 Å². The van der Waals surface area contributed by atoms with Gasteiger partial charge in [0.1, 0.15) is 23.7 Å². The van der Waals surface area contributed by atoms with Crippen molar-refractivity contribution in [3.63, 3.8) is 0 Å². The van der Waals surface area contributed by atoms with Gasteiger partial charge in [0.05, 0.1) is 46.8 Å². The van der Waals surface area contributed by atoms with Crippen LogP contribution in [-0.4, -0.2) is 79.3 Å². The molecule has 5 aromatic rings. The molecule has 0 spiro atoms. The molecule has 5 aromatic carbocycles. The molecule has 2 unspecified atom stereocenters. The Hall–Kier alpha value is -5.22. The normalized spacial score (nSPS) is 20.6. The van der Waals surface area contributed by atoms with Crippen molar-refractivity contribution in [1.82, 2.24) is 0 Å². The summed E-state index contributed by atoms with van der Waals surface area (Å²) in [5, 5.41) is 2.45. The highest BCUT2D eigenvalue weighted by atomic mass is 16.7. The number of hydrogen-bond donors (Lipinski definition) is 0. The second-order valence-electron chi connectivity index (χ2n) is 19.4. The third-order valence-electron chi connectivity index (χ3n) is 15.2. The molecule has 2 aliphatic carbocycles. The number of hydrogen-bond acceptors (Lipinski definition) is 8. The van der Waals surface area contributed by atoms with Gasteiger partial charge >= 0.3 is 0 Å². The molecule has 362 valence electrons. The molecule has 3 heterocycles. The Morgan fingerprint density at radius 3 is 2.20 bits per heavy atom. The Morgan fingerprint density at radius 2 is 1.46 bits per heavy atom.